The highest BCUT2D eigenvalue weighted by Gasteiger charge is 2.07. The Morgan fingerprint density at radius 2 is 1.81 bits per heavy atom. The van der Waals surface area contributed by atoms with Gasteiger partial charge in [-0.05, 0) is 24.3 Å². The second kappa shape index (κ2) is 9.80. The fourth-order valence-electron chi connectivity index (χ4n) is 2.05. The van der Waals surface area contributed by atoms with Crippen molar-refractivity contribution < 1.29 is 9.59 Å². The molecule has 0 spiro atoms. The van der Waals surface area contributed by atoms with Crippen molar-refractivity contribution in [3.05, 3.63) is 35.9 Å². The first-order valence-corrected chi connectivity index (χ1v) is 7.44. The van der Waals surface area contributed by atoms with E-state index in [0.717, 1.165) is 19.3 Å². The van der Waals surface area contributed by atoms with Crippen LogP contribution in [0.1, 0.15) is 44.1 Å². The molecule has 0 bridgehead atoms. The molecule has 0 saturated heterocycles. The molecule has 1 aromatic carbocycles. The Hall–Kier alpha value is -2.04. The first-order valence-electron chi connectivity index (χ1n) is 7.44. The summed E-state index contributed by atoms with van der Waals surface area (Å²) in [6.45, 7) is 3.33. The third-order valence-corrected chi connectivity index (χ3v) is 3.35. The number of carbonyl (C=O) groups excluding carboxylic acids is 2. The van der Waals surface area contributed by atoms with E-state index in [4.69, 9.17) is 5.73 Å². The first-order chi connectivity index (χ1) is 10.1. The highest BCUT2D eigenvalue weighted by molar-refractivity contribution is 5.75. The summed E-state index contributed by atoms with van der Waals surface area (Å²) >= 11 is 0. The average molecular weight is 291 g/mol. The lowest BCUT2D eigenvalue weighted by Gasteiger charge is -2.13. The number of rotatable bonds is 9. The Bertz CT molecular complexity index is 434. The van der Waals surface area contributed by atoms with Crippen LogP contribution in [0.4, 0.5) is 4.79 Å². The molecule has 0 fully saturated rings. The predicted molar refractivity (Wildman–Crippen MR) is 83.9 cm³/mol. The Balaban J connectivity index is 2.07. The normalized spacial score (nSPS) is 11.7. The Labute approximate surface area is 126 Å². The van der Waals surface area contributed by atoms with Crippen LogP contribution in [0, 0.1) is 0 Å². The van der Waals surface area contributed by atoms with Gasteiger partial charge in [0.1, 0.15) is 0 Å². The van der Waals surface area contributed by atoms with Gasteiger partial charge in [-0.3, -0.25) is 4.79 Å². The highest BCUT2D eigenvalue weighted by atomic mass is 16.2. The van der Waals surface area contributed by atoms with E-state index < -0.39 is 6.03 Å². The van der Waals surface area contributed by atoms with Gasteiger partial charge in [-0.15, -0.1) is 0 Å². The molecule has 5 nitrogen and oxygen atoms in total. The van der Waals surface area contributed by atoms with E-state index in [0.29, 0.717) is 25.4 Å². The summed E-state index contributed by atoms with van der Waals surface area (Å²) < 4.78 is 0. The minimum absolute atomic E-state index is 0.0839. The van der Waals surface area contributed by atoms with Gasteiger partial charge >= 0.3 is 6.03 Å². The van der Waals surface area contributed by atoms with Crippen molar-refractivity contribution in [2.45, 2.75) is 38.5 Å². The predicted octanol–water partition coefficient (Wildman–Crippen LogP) is 2.13. The number of nitrogens with one attached hydrogen (secondary N) is 2. The van der Waals surface area contributed by atoms with Crippen molar-refractivity contribution in [1.82, 2.24) is 10.6 Å². The Morgan fingerprint density at radius 1 is 1.10 bits per heavy atom. The van der Waals surface area contributed by atoms with Crippen molar-refractivity contribution in [2.24, 2.45) is 5.73 Å². The molecule has 3 amide bonds. The van der Waals surface area contributed by atoms with Crippen LogP contribution in [0.15, 0.2) is 30.3 Å². The topological polar surface area (TPSA) is 84.2 Å². The largest absolute Gasteiger partial charge is 0.356 e. The molecular formula is C16H25N3O2. The molecule has 1 rings (SSSR count). The standard InChI is InChI=1S/C16H25N3O2/c1-13(14-8-4-2-5-9-14)12-19-15(20)10-6-3-7-11-18-16(17)21/h2,4-5,8-9,13H,3,6-7,10-12H2,1H3,(H,19,20)(H3,17,18,21)/t13-/m1/s1. The van der Waals surface area contributed by atoms with Crippen LogP contribution in [0.25, 0.3) is 0 Å². The monoisotopic (exact) mass is 291 g/mol. The Morgan fingerprint density at radius 3 is 2.48 bits per heavy atom. The fourth-order valence-corrected chi connectivity index (χ4v) is 2.05. The van der Waals surface area contributed by atoms with Gasteiger partial charge in [-0.1, -0.05) is 43.7 Å². The van der Waals surface area contributed by atoms with E-state index in [1.54, 1.807) is 0 Å². The molecule has 0 heterocycles. The van der Waals surface area contributed by atoms with Crippen molar-refractivity contribution >= 4 is 11.9 Å². The summed E-state index contributed by atoms with van der Waals surface area (Å²) in [4.78, 5) is 22.2. The quantitative estimate of drug-likeness (QED) is 0.609. The van der Waals surface area contributed by atoms with Gasteiger partial charge in [0.25, 0.3) is 0 Å². The molecule has 0 unspecified atom stereocenters. The van der Waals surface area contributed by atoms with Crippen molar-refractivity contribution in [1.29, 1.82) is 0 Å². The summed E-state index contributed by atoms with van der Waals surface area (Å²) in [5.74, 6) is 0.399. The molecule has 0 aliphatic rings. The number of amides is 3. The van der Waals surface area contributed by atoms with Crippen LogP contribution in [-0.4, -0.2) is 25.0 Å². The summed E-state index contributed by atoms with van der Waals surface area (Å²) in [7, 11) is 0. The van der Waals surface area contributed by atoms with Gasteiger partial charge in [0.2, 0.25) is 5.91 Å². The van der Waals surface area contributed by atoms with E-state index in [-0.39, 0.29) is 5.91 Å². The van der Waals surface area contributed by atoms with Crippen LogP contribution in [0.5, 0.6) is 0 Å². The number of benzene rings is 1. The maximum atomic E-state index is 11.7. The summed E-state index contributed by atoms with van der Waals surface area (Å²) in [5.41, 5.74) is 6.19. The minimum atomic E-state index is -0.498. The molecule has 5 heteroatoms. The van der Waals surface area contributed by atoms with Crippen molar-refractivity contribution in [3.63, 3.8) is 0 Å². The lowest BCUT2D eigenvalue weighted by atomic mass is 10.0. The molecule has 0 saturated carbocycles. The van der Waals surface area contributed by atoms with Gasteiger partial charge in [0.15, 0.2) is 0 Å². The second-order valence-electron chi connectivity index (χ2n) is 5.22. The lowest BCUT2D eigenvalue weighted by Crippen LogP contribution is -2.30. The van der Waals surface area contributed by atoms with Crippen LogP contribution < -0.4 is 16.4 Å². The van der Waals surface area contributed by atoms with Crippen LogP contribution in [0.2, 0.25) is 0 Å². The van der Waals surface area contributed by atoms with Crippen LogP contribution in [-0.2, 0) is 4.79 Å². The zero-order valence-corrected chi connectivity index (χ0v) is 12.6. The molecule has 116 valence electrons. The van der Waals surface area contributed by atoms with E-state index in [9.17, 15) is 9.59 Å². The molecule has 0 aromatic heterocycles. The Kier molecular flexibility index (Phi) is 7.94. The van der Waals surface area contributed by atoms with Gasteiger partial charge < -0.3 is 16.4 Å². The molecule has 21 heavy (non-hydrogen) atoms. The number of urea groups is 1. The van der Waals surface area contributed by atoms with Gasteiger partial charge in [-0.2, -0.15) is 0 Å². The second-order valence-corrected chi connectivity index (χ2v) is 5.22. The number of nitrogens with two attached hydrogens (primary N) is 1. The number of hydrogen-bond donors (Lipinski definition) is 3. The minimum Gasteiger partial charge on any atom is -0.356 e. The van der Waals surface area contributed by atoms with Gasteiger partial charge in [-0.25, -0.2) is 4.79 Å². The average Bonchev–Trinajstić information content (AvgIpc) is 2.49. The van der Waals surface area contributed by atoms with E-state index in [2.05, 4.69) is 29.7 Å². The first kappa shape index (κ1) is 17.0. The zero-order valence-electron chi connectivity index (χ0n) is 12.6. The summed E-state index contributed by atoms with van der Waals surface area (Å²) in [6.07, 6.45) is 3.10. The van der Waals surface area contributed by atoms with Crippen molar-refractivity contribution in [2.75, 3.05) is 13.1 Å². The molecule has 1 atom stereocenters. The fraction of sp³-hybridized carbons (Fsp3) is 0.500. The lowest BCUT2D eigenvalue weighted by molar-refractivity contribution is -0.121. The number of primary amides is 1. The molecule has 4 N–H and O–H groups in total. The van der Waals surface area contributed by atoms with Gasteiger partial charge in [0, 0.05) is 19.5 Å². The van der Waals surface area contributed by atoms with Crippen LogP contribution >= 0.6 is 0 Å². The van der Waals surface area contributed by atoms with Gasteiger partial charge in [0.05, 0.1) is 0 Å². The van der Waals surface area contributed by atoms with Crippen LogP contribution in [0.3, 0.4) is 0 Å². The molecule has 0 aliphatic carbocycles. The smallest absolute Gasteiger partial charge is 0.312 e. The number of hydrogen-bond acceptors (Lipinski definition) is 2. The SMILES string of the molecule is C[C@H](CNC(=O)CCCCCNC(N)=O)c1ccccc1. The van der Waals surface area contributed by atoms with E-state index in [1.165, 1.54) is 5.56 Å². The number of carbonyl (C=O) groups is 2. The maximum Gasteiger partial charge on any atom is 0.312 e. The third-order valence-electron chi connectivity index (χ3n) is 3.35. The summed E-state index contributed by atoms with van der Waals surface area (Å²) in [5, 5.41) is 5.49. The van der Waals surface area contributed by atoms with Crippen molar-refractivity contribution in [3.8, 4) is 0 Å². The van der Waals surface area contributed by atoms with E-state index >= 15 is 0 Å². The zero-order chi connectivity index (χ0) is 15.5. The molecule has 0 aliphatic heterocycles. The van der Waals surface area contributed by atoms with E-state index in [1.807, 2.05) is 18.2 Å². The number of unbranched alkanes of at least 4 members (excludes halogenated alkanes) is 2. The maximum absolute atomic E-state index is 11.7. The third kappa shape index (κ3) is 7.97. The molecule has 1 aromatic rings. The highest BCUT2D eigenvalue weighted by Crippen LogP contribution is 2.13. The summed E-state index contributed by atoms with van der Waals surface area (Å²) in [6, 6.07) is 9.65. The molecular weight excluding hydrogens is 266 g/mol. The molecule has 0 radical (unpaired) electrons.